The highest BCUT2D eigenvalue weighted by Crippen LogP contribution is 2.14. The summed E-state index contributed by atoms with van der Waals surface area (Å²) in [5, 5.41) is 0. The Labute approximate surface area is 100 Å². The molecule has 1 atom stereocenters. The monoisotopic (exact) mass is 229 g/mol. The highest BCUT2D eigenvalue weighted by molar-refractivity contribution is 5.78. The summed E-state index contributed by atoms with van der Waals surface area (Å²) < 4.78 is 5.08. The Morgan fingerprint density at radius 1 is 1.19 bits per heavy atom. The van der Waals surface area contributed by atoms with Crippen molar-refractivity contribution < 1.29 is 9.53 Å². The first-order valence-corrected chi connectivity index (χ1v) is 6.41. The number of hydrogen-bond donors (Lipinski definition) is 0. The third-order valence-electron chi connectivity index (χ3n) is 3.24. The largest absolute Gasteiger partial charge is 0.383 e. The van der Waals surface area contributed by atoms with Gasteiger partial charge in [0.15, 0.2) is 0 Å². The molecule has 0 saturated heterocycles. The van der Waals surface area contributed by atoms with Crippen molar-refractivity contribution in [3.8, 4) is 0 Å². The van der Waals surface area contributed by atoms with Crippen molar-refractivity contribution in [3.05, 3.63) is 0 Å². The van der Waals surface area contributed by atoms with Crippen LogP contribution in [0.3, 0.4) is 0 Å². The third kappa shape index (κ3) is 4.52. The first-order chi connectivity index (χ1) is 7.62. The van der Waals surface area contributed by atoms with E-state index in [4.69, 9.17) is 4.74 Å². The average Bonchev–Trinajstić information content (AvgIpc) is 2.32. The maximum Gasteiger partial charge on any atom is 0.225 e. The first-order valence-electron chi connectivity index (χ1n) is 6.41. The van der Waals surface area contributed by atoms with Gasteiger partial charge in [0.25, 0.3) is 0 Å². The Bertz CT molecular complexity index is 190. The summed E-state index contributed by atoms with van der Waals surface area (Å²) in [6.45, 7) is 9.68. The van der Waals surface area contributed by atoms with Crippen molar-refractivity contribution in [2.45, 2.75) is 53.0 Å². The van der Waals surface area contributed by atoms with Crippen LogP contribution >= 0.6 is 0 Å². The minimum Gasteiger partial charge on any atom is -0.383 e. The zero-order valence-corrected chi connectivity index (χ0v) is 11.5. The molecule has 0 aromatic carbocycles. The van der Waals surface area contributed by atoms with Gasteiger partial charge in [0.1, 0.15) is 0 Å². The first kappa shape index (κ1) is 15.4. The third-order valence-corrected chi connectivity index (χ3v) is 3.24. The summed E-state index contributed by atoms with van der Waals surface area (Å²) in [5.74, 6) is 0.394. The van der Waals surface area contributed by atoms with Gasteiger partial charge in [-0.3, -0.25) is 4.79 Å². The van der Waals surface area contributed by atoms with Crippen molar-refractivity contribution >= 4 is 5.91 Å². The molecule has 0 fully saturated rings. The van der Waals surface area contributed by atoms with Crippen molar-refractivity contribution in [1.82, 2.24) is 4.90 Å². The molecular formula is C13H27NO2. The van der Waals surface area contributed by atoms with Crippen LogP contribution in [0, 0.1) is 5.92 Å². The number of carbonyl (C=O) groups excluding carboxylic acids is 1. The Morgan fingerprint density at radius 3 is 2.12 bits per heavy atom. The quantitative estimate of drug-likeness (QED) is 0.640. The van der Waals surface area contributed by atoms with Crippen LogP contribution < -0.4 is 0 Å². The Hall–Kier alpha value is -0.570. The van der Waals surface area contributed by atoms with Crippen LogP contribution in [0.25, 0.3) is 0 Å². The normalized spacial score (nSPS) is 12.9. The molecule has 0 aliphatic heterocycles. The predicted molar refractivity (Wildman–Crippen MR) is 67.4 cm³/mol. The van der Waals surface area contributed by atoms with Crippen molar-refractivity contribution in [2.24, 2.45) is 5.92 Å². The highest BCUT2D eigenvalue weighted by atomic mass is 16.5. The van der Waals surface area contributed by atoms with Gasteiger partial charge in [-0.15, -0.1) is 0 Å². The fourth-order valence-corrected chi connectivity index (χ4v) is 1.85. The van der Waals surface area contributed by atoms with Crippen molar-refractivity contribution in [2.75, 3.05) is 20.3 Å². The second-order valence-corrected chi connectivity index (χ2v) is 4.30. The molecule has 0 aliphatic carbocycles. The number of amides is 1. The van der Waals surface area contributed by atoms with Gasteiger partial charge in [-0.1, -0.05) is 27.7 Å². The van der Waals surface area contributed by atoms with Gasteiger partial charge in [0.05, 0.1) is 6.61 Å². The lowest BCUT2D eigenvalue weighted by Gasteiger charge is -2.32. The average molecular weight is 229 g/mol. The van der Waals surface area contributed by atoms with Gasteiger partial charge in [-0.05, 0) is 19.3 Å². The molecule has 0 bridgehead atoms. The fraction of sp³-hybridized carbons (Fsp3) is 0.923. The van der Waals surface area contributed by atoms with E-state index in [1.165, 1.54) is 0 Å². The van der Waals surface area contributed by atoms with E-state index >= 15 is 0 Å². The molecule has 0 N–H and O–H groups in total. The van der Waals surface area contributed by atoms with E-state index in [-0.39, 0.29) is 11.8 Å². The van der Waals surface area contributed by atoms with Crippen molar-refractivity contribution in [1.29, 1.82) is 0 Å². The molecule has 3 heteroatoms. The molecule has 1 amide bonds. The van der Waals surface area contributed by atoms with Crippen LogP contribution in [-0.2, 0) is 9.53 Å². The van der Waals surface area contributed by atoms with Gasteiger partial charge < -0.3 is 9.64 Å². The minimum absolute atomic E-state index is 0.123. The summed E-state index contributed by atoms with van der Waals surface area (Å²) in [5.41, 5.74) is 0. The molecule has 0 radical (unpaired) electrons. The minimum atomic E-state index is 0.123. The molecule has 0 aromatic rings. The van der Waals surface area contributed by atoms with Gasteiger partial charge in [-0.25, -0.2) is 0 Å². The Balaban J connectivity index is 4.56. The van der Waals surface area contributed by atoms with E-state index in [0.717, 1.165) is 19.3 Å². The smallest absolute Gasteiger partial charge is 0.225 e. The molecule has 0 heterocycles. The number of hydrogen-bond acceptors (Lipinski definition) is 2. The Morgan fingerprint density at radius 2 is 1.75 bits per heavy atom. The topological polar surface area (TPSA) is 29.5 Å². The maximum atomic E-state index is 12.2. The number of rotatable bonds is 8. The number of carbonyl (C=O) groups is 1. The second-order valence-electron chi connectivity index (χ2n) is 4.30. The molecule has 0 aliphatic rings. The van der Waals surface area contributed by atoms with Crippen LogP contribution in [0.4, 0.5) is 0 Å². The molecule has 0 saturated carbocycles. The number of nitrogens with zero attached hydrogens (tertiary/aromatic N) is 1. The van der Waals surface area contributed by atoms with Crippen molar-refractivity contribution in [3.63, 3.8) is 0 Å². The van der Waals surface area contributed by atoms with Crippen LogP contribution in [0.5, 0.6) is 0 Å². The molecule has 1 unspecified atom stereocenters. The van der Waals surface area contributed by atoms with E-state index in [1.807, 2.05) is 11.8 Å². The summed E-state index contributed by atoms with van der Waals surface area (Å²) in [6, 6.07) is 0.358. The molecule has 3 nitrogen and oxygen atoms in total. The fourth-order valence-electron chi connectivity index (χ4n) is 1.85. The standard InChI is InChI=1S/C13H27NO2/c1-6-11(4)13(15)14(9-10-16-5)12(7-2)8-3/h11-12H,6-10H2,1-5H3. The van der Waals surface area contributed by atoms with Crippen LogP contribution in [0.2, 0.25) is 0 Å². The molecule has 0 aromatic heterocycles. The zero-order valence-electron chi connectivity index (χ0n) is 11.5. The van der Waals surface area contributed by atoms with E-state index in [2.05, 4.69) is 20.8 Å². The van der Waals surface area contributed by atoms with Gasteiger partial charge in [0.2, 0.25) is 5.91 Å². The van der Waals surface area contributed by atoms with E-state index < -0.39 is 0 Å². The highest BCUT2D eigenvalue weighted by Gasteiger charge is 2.23. The lowest BCUT2D eigenvalue weighted by atomic mass is 10.0. The SMILES string of the molecule is CCC(C)C(=O)N(CCOC)C(CC)CC. The van der Waals surface area contributed by atoms with Gasteiger partial charge >= 0.3 is 0 Å². The van der Waals surface area contributed by atoms with Gasteiger partial charge in [0, 0.05) is 25.6 Å². The van der Waals surface area contributed by atoms with E-state index in [0.29, 0.717) is 19.2 Å². The zero-order chi connectivity index (χ0) is 12.6. The van der Waals surface area contributed by atoms with Crippen LogP contribution in [0.15, 0.2) is 0 Å². The lowest BCUT2D eigenvalue weighted by molar-refractivity contribution is -0.138. The summed E-state index contributed by atoms with van der Waals surface area (Å²) in [6.07, 6.45) is 2.94. The summed E-state index contributed by atoms with van der Waals surface area (Å²) >= 11 is 0. The number of ether oxygens (including phenoxy) is 1. The van der Waals surface area contributed by atoms with Crippen LogP contribution in [-0.4, -0.2) is 37.1 Å². The second kappa shape index (κ2) is 8.57. The van der Waals surface area contributed by atoms with E-state index in [1.54, 1.807) is 7.11 Å². The number of methoxy groups -OCH3 is 1. The molecule has 0 rings (SSSR count). The molecular weight excluding hydrogens is 202 g/mol. The van der Waals surface area contributed by atoms with Crippen LogP contribution in [0.1, 0.15) is 47.0 Å². The lowest BCUT2D eigenvalue weighted by Crippen LogP contribution is -2.44. The predicted octanol–water partition coefficient (Wildman–Crippen LogP) is 2.70. The van der Waals surface area contributed by atoms with E-state index in [9.17, 15) is 4.79 Å². The molecule has 16 heavy (non-hydrogen) atoms. The maximum absolute atomic E-state index is 12.2. The molecule has 0 spiro atoms. The molecule has 96 valence electrons. The van der Waals surface area contributed by atoms with Gasteiger partial charge in [-0.2, -0.15) is 0 Å². The summed E-state index contributed by atoms with van der Waals surface area (Å²) in [4.78, 5) is 14.2. The Kier molecular flexibility index (Phi) is 8.26. The summed E-state index contributed by atoms with van der Waals surface area (Å²) in [7, 11) is 1.68.